The largest absolute Gasteiger partial charge is 0.320 e. The van der Waals surface area contributed by atoms with E-state index in [1.54, 1.807) is 0 Å². The zero-order chi connectivity index (χ0) is 9.56. The van der Waals surface area contributed by atoms with E-state index >= 15 is 0 Å². The third-order valence-electron chi connectivity index (χ3n) is 1.32. The summed E-state index contributed by atoms with van der Waals surface area (Å²) in [5.74, 6) is 8.74. The zero-order valence-corrected chi connectivity index (χ0v) is 6.54. The van der Waals surface area contributed by atoms with Crippen molar-refractivity contribution >= 4 is 11.8 Å². The van der Waals surface area contributed by atoms with Crippen molar-refractivity contribution in [2.24, 2.45) is 17.4 Å². The maximum Gasteiger partial charge on any atom is 0.250 e. The molecule has 0 aromatic rings. The SMILES string of the molecule is NNC(=O)CC[C@@H](N)C(=O)NN. The van der Waals surface area contributed by atoms with Gasteiger partial charge in [-0.1, -0.05) is 0 Å². The average molecular weight is 175 g/mol. The molecule has 0 fully saturated rings. The van der Waals surface area contributed by atoms with Crippen molar-refractivity contribution in [3.63, 3.8) is 0 Å². The van der Waals surface area contributed by atoms with Gasteiger partial charge in [0.05, 0.1) is 6.04 Å². The topological polar surface area (TPSA) is 136 Å². The molecular weight excluding hydrogens is 162 g/mol. The fourth-order valence-electron chi connectivity index (χ4n) is 0.597. The molecular formula is C5H13N5O2. The lowest BCUT2D eigenvalue weighted by molar-refractivity contribution is -0.123. The number of amides is 2. The highest BCUT2D eigenvalue weighted by Gasteiger charge is 2.12. The lowest BCUT2D eigenvalue weighted by Crippen LogP contribution is -2.44. The summed E-state index contributed by atoms with van der Waals surface area (Å²) in [6, 6.07) is -0.771. The molecule has 70 valence electrons. The molecule has 0 radical (unpaired) electrons. The Labute approximate surface area is 69.6 Å². The summed E-state index contributed by atoms with van der Waals surface area (Å²) in [5, 5.41) is 0. The second kappa shape index (κ2) is 5.47. The zero-order valence-electron chi connectivity index (χ0n) is 6.54. The molecule has 12 heavy (non-hydrogen) atoms. The molecule has 0 spiro atoms. The molecule has 0 bridgehead atoms. The van der Waals surface area contributed by atoms with Gasteiger partial charge in [0.15, 0.2) is 0 Å². The predicted molar refractivity (Wildman–Crippen MR) is 41.9 cm³/mol. The Morgan fingerprint density at radius 1 is 1.25 bits per heavy atom. The summed E-state index contributed by atoms with van der Waals surface area (Å²) in [5.41, 5.74) is 9.12. The van der Waals surface area contributed by atoms with E-state index in [2.05, 4.69) is 0 Å². The molecule has 0 aliphatic heterocycles. The summed E-state index contributed by atoms with van der Waals surface area (Å²) >= 11 is 0. The van der Waals surface area contributed by atoms with E-state index < -0.39 is 11.9 Å². The molecule has 0 aromatic carbocycles. The fourth-order valence-corrected chi connectivity index (χ4v) is 0.597. The monoisotopic (exact) mass is 175 g/mol. The number of nitrogens with one attached hydrogen (secondary N) is 2. The number of carbonyl (C=O) groups excluding carboxylic acids is 2. The van der Waals surface area contributed by atoms with Gasteiger partial charge in [-0.2, -0.15) is 0 Å². The van der Waals surface area contributed by atoms with Crippen LogP contribution in [0.25, 0.3) is 0 Å². The number of hydrogen-bond acceptors (Lipinski definition) is 5. The van der Waals surface area contributed by atoms with E-state index in [1.807, 2.05) is 10.9 Å². The Balaban J connectivity index is 3.63. The van der Waals surface area contributed by atoms with Crippen molar-refractivity contribution in [2.75, 3.05) is 0 Å². The first-order valence-corrected chi connectivity index (χ1v) is 3.37. The second-order valence-electron chi connectivity index (χ2n) is 2.22. The van der Waals surface area contributed by atoms with Crippen LogP contribution in [-0.2, 0) is 9.59 Å². The molecule has 0 unspecified atom stereocenters. The average Bonchev–Trinajstić information content (AvgIpc) is 2.11. The highest BCUT2D eigenvalue weighted by atomic mass is 16.2. The van der Waals surface area contributed by atoms with Gasteiger partial charge in [0.25, 0.3) is 5.91 Å². The first-order valence-electron chi connectivity index (χ1n) is 3.37. The number of hydrogen-bond donors (Lipinski definition) is 5. The van der Waals surface area contributed by atoms with Gasteiger partial charge in [0.2, 0.25) is 5.91 Å². The Morgan fingerprint density at radius 3 is 2.25 bits per heavy atom. The van der Waals surface area contributed by atoms with Crippen molar-refractivity contribution in [2.45, 2.75) is 18.9 Å². The van der Waals surface area contributed by atoms with E-state index in [0.29, 0.717) is 0 Å². The summed E-state index contributed by atoms with van der Waals surface area (Å²) in [6.45, 7) is 0. The molecule has 0 saturated heterocycles. The fraction of sp³-hybridized carbons (Fsp3) is 0.600. The van der Waals surface area contributed by atoms with Crippen molar-refractivity contribution in [3.05, 3.63) is 0 Å². The molecule has 7 nitrogen and oxygen atoms in total. The first kappa shape index (κ1) is 10.8. The van der Waals surface area contributed by atoms with Crippen LogP contribution in [0.5, 0.6) is 0 Å². The minimum Gasteiger partial charge on any atom is -0.320 e. The molecule has 0 aliphatic carbocycles. The summed E-state index contributed by atoms with van der Waals surface area (Å²) in [7, 11) is 0. The van der Waals surface area contributed by atoms with Gasteiger partial charge in [-0.25, -0.2) is 11.7 Å². The van der Waals surface area contributed by atoms with Gasteiger partial charge >= 0.3 is 0 Å². The number of nitrogens with two attached hydrogens (primary N) is 3. The van der Waals surface area contributed by atoms with Crippen molar-refractivity contribution in [1.82, 2.24) is 10.9 Å². The Bertz CT molecular complexity index is 171. The first-order chi connectivity index (χ1) is 5.61. The van der Waals surface area contributed by atoms with Crippen LogP contribution in [0.15, 0.2) is 0 Å². The highest BCUT2D eigenvalue weighted by molar-refractivity contribution is 5.82. The molecule has 0 aromatic heterocycles. The third-order valence-corrected chi connectivity index (χ3v) is 1.32. The summed E-state index contributed by atoms with van der Waals surface area (Å²) < 4.78 is 0. The van der Waals surface area contributed by atoms with Crippen LogP contribution in [0.4, 0.5) is 0 Å². The normalized spacial score (nSPS) is 11.9. The quantitative estimate of drug-likeness (QED) is 0.177. The van der Waals surface area contributed by atoms with Crippen molar-refractivity contribution in [3.8, 4) is 0 Å². The molecule has 0 heterocycles. The molecule has 0 saturated carbocycles. The van der Waals surface area contributed by atoms with Crippen molar-refractivity contribution in [1.29, 1.82) is 0 Å². The van der Waals surface area contributed by atoms with E-state index in [4.69, 9.17) is 17.4 Å². The Morgan fingerprint density at radius 2 is 1.83 bits per heavy atom. The minimum atomic E-state index is -0.771. The van der Waals surface area contributed by atoms with E-state index in [9.17, 15) is 9.59 Å². The molecule has 1 atom stereocenters. The lowest BCUT2D eigenvalue weighted by Gasteiger charge is -2.07. The van der Waals surface area contributed by atoms with Gasteiger partial charge in [0.1, 0.15) is 0 Å². The van der Waals surface area contributed by atoms with Gasteiger partial charge in [-0.15, -0.1) is 0 Å². The van der Waals surface area contributed by atoms with Crippen LogP contribution < -0.4 is 28.3 Å². The molecule has 7 heteroatoms. The Hall–Kier alpha value is -1.18. The maximum absolute atomic E-state index is 10.7. The summed E-state index contributed by atoms with van der Waals surface area (Å²) in [6.07, 6.45) is 0.317. The molecule has 8 N–H and O–H groups in total. The molecule has 0 aliphatic rings. The number of rotatable bonds is 4. The number of hydrazine groups is 2. The lowest BCUT2D eigenvalue weighted by atomic mass is 10.1. The van der Waals surface area contributed by atoms with Crippen LogP contribution >= 0.6 is 0 Å². The third kappa shape index (κ3) is 3.86. The molecule has 2 amide bonds. The van der Waals surface area contributed by atoms with Gasteiger partial charge in [-0.05, 0) is 6.42 Å². The molecule has 0 rings (SSSR count). The standard InChI is InChI=1S/C5H13N5O2/c6-3(5(12)10-8)1-2-4(11)9-7/h3H,1-2,6-8H2,(H,9,11)(H,10,12)/t3-/m1/s1. The van der Waals surface area contributed by atoms with Gasteiger partial charge in [0, 0.05) is 6.42 Å². The predicted octanol–water partition coefficient (Wildman–Crippen LogP) is -2.93. The van der Waals surface area contributed by atoms with Crippen molar-refractivity contribution < 1.29 is 9.59 Å². The van der Waals surface area contributed by atoms with E-state index in [-0.39, 0.29) is 18.7 Å². The maximum atomic E-state index is 10.7. The van der Waals surface area contributed by atoms with E-state index in [0.717, 1.165) is 0 Å². The van der Waals surface area contributed by atoms with Crippen LogP contribution in [-0.4, -0.2) is 17.9 Å². The minimum absolute atomic E-state index is 0.102. The van der Waals surface area contributed by atoms with Crippen LogP contribution in [0.2, 0.25) is 0 Å². The van der Waals surface area contributed by atoms with Gasteiger partial charge < -0.3 is 5.73 Å². The summed E-state index contributed by atoms with van der Waals surface area (Å²) in [4.78, 5) is 21.3. The second-order valence-corrected chi connectivity index (χ2v) is 2.22. The van der Waals surface area contributed by atoms with Gasteiger partial charge in [-0.3, -0.25) is 20.4 Å². The smallest absolute Gasteiger partial charge is 0.250 e. The Kier molecular flexibility index (Phi) is 4.93. The van der Waals surface area contributed by atoms with Crippen LogP contribution in [0.3, 0.4) is 0 Å². The van der Waals surface area contributed by atoms with E-state index in [1.165, 1.54) is 0 Å². The van der Waals surface area contributed by atoms with Crippen LogP contribution in [0, 0.1) is 0 Å². The highest BCUT2D eigenvalue weighted by Crippen LogP contribution is 1.93. The van der Waals surface area contributed by atoms with Crippen LogP contribution in [0.1, 0.15) is 12.8 Å². The number of carbonyl (C=O) groups is 2.